The minimum Gasteiger partial charge on any atom is -0.493 e. The number of rotatable bonds is 7. The van der Waals surface area contributed by atoms with E-state index >= 15 is 0 Å². The lowest BCUT2D eigenvalue weighted by Gasteiger charge is -2.15. The molecule has 0 heterocycles. The number of non-ortho nitro benzene ring substituents is 1. The van der Waals surface area contributed by atoms with Crippen LogP contribution in [0.4, 0.5) is 5.69 Å². The Bertz CT molecular complexity index is 733. The van der Waals surface area contributed by atoms with Crippen LogP contribution < -0.4 is 9.47 Å². The van der Waals surface area contributed by atoms with Gasteiger partial charge >= 0.3 is 0 Å². The zero-order chi connectivity index (χ0) is 17.7. The van der Waals surface area contributed by atoms with Gasteiger partial charge in [-0.05, 0) is 42.7 Å². The second-order valence-electron chi connectivity index (χ2n) is 5.44. The number of hydrogen-bond acceptors (Lipinski definition) is 5. The van der Waals surface area contributed by atoms with Crippen molar-refractivity contribution < 1.29 is 14.4 Å². The van der Waals surface area contributed by atoms with Crippen molar-refractivity contribution in [3.63, 3.8) is 0 Å². The molecule has 5 nitrogen and oxygen atoms in total. The third kappa shape index (κ3) is 4.20. The van der Waals surface area contributed by atoms with E-state index in [9.17, 15) is 10.1 Å². The predicted molar refractivity (Wildman–Crippen MR) is 97.1 cm³/mol. The van der Waals surface area contributed by atoms with Crippen molar-refractivity contribution in [2.75, 3.05) is 14.2 Å². The van der Waals surface area contributed by atoms with Crippen LogP contribution in [-0.2, 0) is 5.75 Å². The highest BCUT2D eigenvalue weighted by Crippen LogP contribution is 2.36. The van der Waals surface area contributed by atoms with E-state index in [-0.39, 0.29) is 15.9 Å². The molecule has 2 aromatic rings. The van der Waals surface area contributed by atoms with Crippen molar-refractivity contribution in [2.45, 2.75) is 24.9 Å². The van der Waals surface area contributed by atoms with Gasteiger partial charge in [0.1, 0.15) is 0 Å². The van der Waals surface area contributed by atoms with Crippen LogP contribution in [0.15, 0.2) is 36.4 Å². The summed E-state index contributed by atoms with van der Waals surface area (Å²) in [5.74, 6) is 2.22. The lowest BCUT2D eigenvalue weighted by molar-refractivity contribution is -0.384. The average Bonchev–Trinajstić information content (AvgIpc) is 2.60. The zero-order valence-electron chi connectivity index (χ0n) is 14.2. The molecular formula is C18H21NO4S. The number of nitro groups is 1. The van der Waals surface area contributed by atoms with Gasteiger partial charge in [-0.25, -0.2) is 0 Å². The minimum atomic E-state index is -0.362. The van der Waals surface area contributed by atoms with Crippen LogP contribution in [0.1, 0.15) is 28.9 Å². The fourth-order valence-corrected chi connectivity index (χ4v) is 3.46. The zero-order valence-corrected chi connectivity index (χ0v) is 15.1. The van der Waals surface area contributed by atoms with E-state index in [0.717, 1.165) is 28.2 Å². The van der Waals surface area contributed by atoms with Gasteiger partial charge in [0.15, 0.2) is 11.5 Å². The van der Waals surface area contributed by atoms with E-state index < -0.39 is 0 Å². The maximum Gasteiger partial charge on any atom is 0.269 e. The summed E-state index contributed by atoms with van der Waals surface area (Å²) in [5.41, 5.74) is 3.37. The van der Waals surface area contributed by atoms with Gasteiger partial charge in [-0.2, -0.15) is 0 Å². The van der Waals surface area contributed by atoms with Gasteiger partial charge in [0.2, 0.25) is 0 Å². The molecule has 0 saturated carbocycles. The fourth-order valence-electron chi connectivity index (χ4n) is 2.38. The van der Waals surface area contributed by atoms with E-state index in [0.29, 0.717) is 5.75 Å². The van der Waals surface area contributed by atoms with Gasteiger partial charge in [0, 0.05) is 23.1 Å². The van der Waals surface area contributed by atoms with Gasteiger partial charge in [-0.1, -0.05) is 12.1 Å². The molecule has 0 aromatic heterocycles. The Morgan fingerprint density at radius 2 is 1.83 bits per heavy atom. The van der Waals surface area contributed by atoms with E-state index in [4.69, 9.17) is 9.47 Å². The van der Waals surface area contributed by atoms with Gasteiger partial charge in [-0.15, -0.1) is 11.8 Å². The lowest BCUT2D eigenvalue weighted by atomic mass is 10.1. The number of aryl methyl sites for hydroxylation is 1. The standard InChI is InChI=1S/C18H21NO4S/c1-12-8-17(22-3)18(23-4)10-15(12)11-24-13(2)14-6-5-7-16(9-14)19(20)21/h5-10,13H,11H2,1-4H3/t13-/m0/s1. The monoisotopic (exact) mass is 347 g/mol. The van der Waals surface area contributed by atoms with Crippen LogP contribution in [0.25, 0.3) is 0 Å². The molecule has 2 aromatic carbocycles. The number of ether oxygens (including phenoxy) is 2. The molecule has 0 saturated heterocycles. The van der Waals surface area contributed by atoms with Gasteiger partial charge in [0.05, 0.1) is 19.1 Å². The van der Waals surface area contributed by atoms with E-state index in [2.05, 4.69) is 6.92 Å². The van der Waals surface area contributed by atoms with Crippen molar-refractivity contribution >= 4 is 17.4 Å². The Morgan fingerprint density at radius 3 is 2.46 bits per heavy atom. The van der Waals surface area contributed by atoms with Crippen molar-refractivity contribution in [1.29, 1.82) is 0 Å². The molecule has 1 atom stereocenters. The molecule has 0 spiro atoms. The largest absolute Gasteiger partial charge is 0.493 e. The highest BCUT2D eigenvalue weighted by Gasteiger charge is 2.13. The Labute approximate surface area is 146 Å². The average molecular weight is 347 g/mol. The van der Waals surface area contributed by atoms with E-state index in [1.165, 1.54) is 6.07 Å². The topological polar surface area (TPSA) is 61.6 Å². The molecule has 0 bridgehead atoms. The van der Waals surface area contributed by atoms with Crippen LogP contribution >= 0.6 is 11.8 Å². The normalized spacial score (nSPS) is 11.8. The van der Waals surface area contributed by atoms with Gasteiger partial charge in [0.25, 0.3) is 5.69 Å². The quantitative estimate of drug-likeness (QED) is 0.526. The van der Waals surface area contributed by atoms with Crippen LogP contribution in [0.2, 0.25) is 0 Å². The maximum absolute atomic E-state index is 10.9. The first-order chi connectivity index (χ1) is 11.5. The molecule has 0 radical (unpaired) electrons. The summed E-state index contributed by atoms with van der Waals surface area (Å²) < 4.78 is 10.7. The third-order valence-electron chi connectivity index (χ3n) is 3.88. The summed E-state index contributed by atoms with van der Waals surface area (Å²) >= 11 is 1.73. The number of benzene rings is 2. The first-order valence-corrected chi connectivity index (χ1v) is 8.58. The van der Waals surface area contributed by atoms with Crippen molar-refractivity contribution in [3.05, 3.63) is 63.2 Å². The number of nitro benzene ring substituents is 1. The number of thioether (sulfide) groups is 1. The number of methoxy groups -OCH3 is 2. The number of nitrogens with zero attached hydrogens (tertiary/aromatic N) is 1. The molecule has 0 aliphatic rings. The Morgan fingerprint density at radius 1 is 1.17 bits per heavy atom. The maximum atomic E-state index is 10.9. The first kappa shape index (κ1) is 18.1. The minimum absolute atomic E-state index is 0.127. The lowest BCUT2D eigenvalue weighted by Crippen LogP contribution is -1.97. The number of hydrogen-bond donors (Lipinski definition) is 0. The second kappa shape index (κ2) is 8.06. The summed E-state index contributed by atoms with van der Waals surface area (Å²) in [6.45, 7) is 4.09. The van der Waals surface area contributed by atoms with Crippen LogP contribution in [-0.4, -0.2) is 19.1 Å². The van der Waals surface area contributed by atoms with Crippen molar-refractivity contribution in [3.8, 4) is 11.5 Å². The SMILES string of the molecule is COc1cc(C)c(CS[C@@H](C)c2cccc([N+](=O)[O-])c2)cc1OC. The highest BCUT2D eigenvalue weighted by atomic mass is 32.2. The summed E-state index contributed by atoms with van der Waals surface area (Å²) in [5, 5.41) is 11.1. The molecule has 0 N–H and O–H groups in total. The third-order valence-corrected chi connectivity index (χ3v) is 5.13. The Kier molecular flexibility index (Phi) is 6.09. The van der Waals surface area contributed by atoms with Crippen LogP contribution in [0.5, 0.6) is 11.5 Å². The molecule has 0 amide bonds. The predicted octanol–water partition coefficient (Wildman–Crippen LogP) is 4.91. The van der Waals surface area contributed by atoms with Gasteiger partial charge < -0.3 is 9.47 Å². The summed E-state index contributed by atoms with van der Waals surface area (Å²) in [7, 11) is 3.24. The Balaban J connectivity index is 2.13. The van der Waals surface area contributed by atoms with Crippen LogP contribution in [0, 0.1) is 17.0 Å². The second-order valence-corrected chi connectivity index (χ2v) is 6.77. The molecule has 6 heteroatoms. The molecule has 128 valence electrons. The molecule has 24 heavy (non-hydrogen) atoms. The molecule has 0 unspecified atom stereocenters. The highest BCUT2D eigenvalue weighted by molar-refractivity contribution is 7.98. The fraction of sp³-hybridized carbons (Fsp3) is 0.333. The van der Waals surface area contributed by atoms with Crippen molar-refractivity contribution in [2.24, 2.45) is 0 Å². The molecule has 0 aliphatic heterocycles. The first-order valence-electron chi connectivity index (χ1n) is 7.53. The van der Waals surface area contributed by atoms with Gasteiger partial charge in [-0.3, -0.25) is 10.1 Å². The molecule has 0 aliphatic carbocycles. The molecule has 2 rings (SSSR count). The summed E-state index contributed by atoms with van der Waals surface area (Å²) in [6.07, 6.45) is 0. The van der Waals surface area contributed by atoms with E-state index in [1.54, 1.807) is 38.1 Å². The summed E-state index contributed by atoms with van der Waals surface area (Å²) in [6, 6.07) is 10.8. The molecular weight excluding hydrogens is 326 g/mol. The Hall–Kier alpha value is -2.21. The summed E-state index contributed by atoms with van der Waals surface area (Å²) in [4.78, 5) is 10.5. The van der Waals surface area contributed by atoms with Crippen LogP contribution in [0.3, 0.4) is 0 Å². The van der Waals surface area contributed by atoms with Crippen molar-refractivity contribution in [1.82, 2.24) is 0 Å². The van der Waals surface area contributed by atoms with E-state index in [1.807, 2.05) is 25.1 Å². The smallest absolute Gasteiger partial charge is 0.269 e. The molecule has 0 fully saturated rings.